The molecule has 0 atom stereocenters. The second kappa shape index (κ2) is 5.03. The van der Waals surface area contributed by atoms with E-state index in [0.29, 0.717) is 0 Å². The van der Waals surface area contributed by atoms with E-state index in [1.54, 1.807) is 11.3 Å². The molecular formula is C14H19N5S. The van der Waals surface area contributed by atoms with Gasteiger partial charge >= 0.3 is 0 Å². The van der Waals surface area contributed by atoms with Gasteiger partial charge in [-0.15, -0.1) is 11.3 Å². The lowest BCUT2D eigenvalue weighted by Crippen LogP contribution is -2.15. The summed E-state index contributed by atoms with van der Waals surface area (Å²) in [5.74, 6) is 0. The third kappa shape index (κ3) is 2.14. The molecule has 3 heterocycles. The van der Waals surface area contributed by atoms with Crippen LogP contribution in [0.4, 0.5) is 0 Å². The average Bonchev–Trinajstić information content (AvgIpc) is 3.01. The molecule has 20 heavy (non-hydrogen) atoms. The summed E-state index contributed by atoms with van der Waals surface area (Å²) in [5, 5.41) is 10.0. The number of imidazole rings is 1. The number of rotatable bonds is 4. The Hall–Kier alpha value is -1.66. The van der Waals surface area contributed by atoms with Crippen LogP contribution in [0.5, 0.6) is 0 Å². The van der Waals surface area contributed by atoms with Crippen LogP contribution in [0.3, 0.4) is 0 Å². The summed E-state index contributed by atoms with van der Waals surface area (Å²) in [4.78, 5) is 5.63. The molecule has 0 amide bonds. The monoisotopic (exact) mass is 289 g/mol. The quantitative estimate of drug-likeness (QED) is 0.802. The average molecular weight is 289 g/mol. The summed E-state index contributed by atoms with van der Waals surface area (Å²) >= 11 is 1.67. The fourth-order valence-electron chi connectivity index (χ4n) is 2.53. The van der Waals surface area contributed by atoms with Gasteiger partial charge in [-0.05, 0) is 20.8 Å². The van der Waals surface area contributed by atoms with Gasteiger partial charge < -0.3 is 5.32 Å². The highest BCUT2D eigenvalue weighted by atomic mass is 32.1. The summed E-state index contributed by atoms with van der Waals surface area (Å²) in [5.41, 5.74) is 5.95. The normalized spacial score (nSPS) is 11.6. The molecule has 0 spiro atoms. The summed E-state index contributed by atoms with van der Waals surface area (Å²) < 4.78 is 4.10. The van der Waals surface area contributed by atoms with Gasteiger partial charge in [0.15, 0.2) is 4.96 Å². The molecule has 0 radical (unpaired) electrons. The molecule has 0 aromatic carbocycles. The molecule has 0 aliphatic heterocycles. The molecule has 1 N–H and O–H groups in total. The summed E-state index contributed by atoms with van der Waals surface area (Å²) in [6.07, 6.45) is 2.08. The number of hydrogen-bond acceptors (Lipinski definition) is 4. The molecule has 3 aromatic heterocycles. The van der Waals surface area contributed by atoms with Crippen molar-refractivity contribution in [2.75, 3.05) is 0 Å². The Labute approximate surface area is 122 Å². The van der Waals surface area contributed by atoms with Crippen molar-refractivity contribution in [2.45, 2.75) is 33.9 Å². The van der Waals surface area contributed by atoms with Crippen molar-refractivity contribution in [3.05, 3.63) is 39.9 Å². The van der Waals surface area contributed by atoms with Crippen molar-refractivity contribution in [3.8, 4) is 0 Å². The summed E-state index contributed by atoms with van der Waals surface area (Å²) in [6, 6.07) is 0. The molecule has 0 unspecified atom stereocenters. The minimum absolute atomic E-state index is 0.817. The number of nitrogens with one attached hydrogen (secondary N) is 1. The molecule has 0 bridgehead atoms. The number of fused-ring (bicyclic) bond motifs is 1. The lowest BCUT2D eigenvalue weighted by molar-refractivity contribution is 0.665. The number of thiazole rings is 1. The molecule has 0 saturated heterocycles. The third-order valence-electron chi connectivity index (χ3n) is 3.81. The van der Waals surface area contributed by atoms with Crippen molar-refractivity contribution in [1.82, 2.24) is 24.5 Å². The molecule has 5 nitrogen and oxygen atoms in total. The Morgan fingerprint density at radius 2 is 2.00 bits per heavy atom. The maximum Gasteiger partial charge on any atom is 0.194 e. The van der Waals surface area contributed by atoms with Crippen LogP contribution < -0.4 is 5.32 Å². The van der Waals surface area contributed by atoms with Crippen LogP contribution in [-0.4, -0.2) is 19.2 Å². The van der Waals surface area contributed by atoms with Crippen molar-refractivity contribution in [1.29, 1.82) is 0 Å². The van der Waals surface area contributed by atoms with Crippen molar-refractivity contribution < 1.29 is 0 Å². The van der Waals surface area contributed by atoms with E-state index in [-0.39, 0.29) is 0 Å². The van der Waals surface area contributed by atoms with E-state index in [1.807, 2.05) is 11.7 Å². The van der Waals surface area contributed by atoms with Gasteiger partial charge in [0.1, 0.15) is 0 Å². The zero-order chi connectivity index (χ0) is 14.3. The van der Waals surface area contributed by atoms with Gasteiger partial charge in [0.2, 0.25) is 0 Å². The van der Waals surface area contributed by atoms with Crippen molar-refractivity contribution in [3.63, 3.8) is 0 Å². The van der Waals surface area contributed by atoms with Crippen LogP contribution in [-0.2, 0) is 20.1 Å². The van der Waals surface area contributed by atoms with Gasteiger partial charge in [-0.1, -0.05) is 0 Å². The highest BCUT2D eigenvalue weighted by molar-refractivity contribution is 7.15. The standard InChI is InChI=1S/C14H19N5S/c1-9-12(11(3)18(4)17-9)7-15-8-13-10(2)16-14-19(13)5-6-20-14/h5-6,15H,7-8H2,1-4H3. The van der Waals surface area contributed by atoms with Gasteiger partial charge in [0, 0.05) is 43.0 Å². The zero-order valence-corrected chi connectivity index (χ0v) is 13.1. The summed E-state index contributed by atoms with van der Waals surface area (Å²) in [7, 11) is 1.99. The first-order valence-corrected chi connectivity index (χ1v) is 7.56. The fraction of sp³-hybridized carbons (Fsp3) is 0.429. The van der Waals surface area contributed by atoms with Crippen LogP contribution in [0.1, 0.15) is 28.3 Å². The van der Waals surface area contributed by atoms with Gasteiger partial charge in [-0.2, -0.15) is 5.10 Å². The molecule has 0 aliphatic rings. The number of aromatic nitrogens is 4. The smallest absolute Gasteiger partial charge is 0.194 e. The van der Waals surface area contributed by atoms with E-state index >= 15 is 0 Å². The van der Waals surface area contributed by atoms with Gasteiger partial charge in [0.05, 0.1) is 17.1 Å². The Bertz CT molecular complexity index is 749. The largest absolute Gasteiger partial charge is 0.307 e. The topological polar surface area (TPSA) is 47.2 Å². The molecule has 0 fully saturated rings. The molecule has 0 aliphatic carbocycles. The predicted molar refractivity (Wildman–Crippen MR) is 81.0 cm³/mol. The first kappa shape index (κ1) is 13.3. The Balaban J connectivity index is 1.74. The Morgan fingerprint density at radius 3 is 2.70 bits per heavy atom. The third-order valence-corrected chi connectivity index (χ3v) is 4.57. The maximum absolute atomic E-state index is 4.56. The number of nitrogens with zero attached hydrogens (tertiary/aromatic N) is 4. The van der Waals surface area contributed by atoms with E-state index in [1.165, 1.54) is 17.0 Å². The van der Waals surface area contributed by atoms with Crippen molar-refractivity contribution >= 4 is 16.3 Å². The zero-order valence-electron chi connectivity index (χ0n) is 12.3. The molecule has 6 heteroatoms. The summed E-state index contributed by atoms with van der Waals surface area (Å²) in [6.45, 7) is 7.89. The first-order valence-electron chi connectivity index (χ1n) is 6.68. The second-order valence-electron chi connectivity index (χ2n) is 5.08. The molecule has 0 saturated carbocycles. The highest BCUT2D eigenvalue weighted by Gasteiger charge is 2.11. The van der Waals surface area contributed by atoms with Crippen molar-refractivity contribution in [2.24, 2.45) is 7.05 Å². The minimum Gasteiger partial charge on any atom is -0.307 e. The van der Waals surface area contributed by atoms with E-state index in [4.69, 9.17) is 0 Å². The Morgan fingerprint density at radius 1 is 1.20 bits per heavy atom. The second-order valence-corrected chi connectivity index (χ2v) is 5.95. The van der Waals surface area contributed by atoms with Crippen LogP contribution in [0.2, 0.25) is 0 Å². The van der Waals surface area contributed by atoms with E-state index in [2.05, 4.69) is 52.1 Å². The molecule has 3 rings (SSSR count). The molecule has 106 valence electrons. The SMILES string of the molecule is Cc1nn(C)c(C)c1CNCc1c(C)nc2sccn12. The van der Waals surface area contributed by atoms with E-state index in [9.17, 15) is 0 Å². The lowest BCUT2D eigenvalue weighted by Gasteiger charge is -2.06. The van der Waals surface area contributed by atoms with E-state index < -0.39 is 0 Å². The molecule has 3 aromatic rings. The van der Waals surface area contributed by atoms with E-state index in [0.717, 1.165) is 29.4 Å². The van der Waals surface area contributed by atoms with Crippen LogP contribution >= 0.6 is 11.3 Å². The van der Waals surface area contributed by atoms with Crippen LogP contribution in [0, 0.1) is 20.8 Å². The first-order chi connectivity index (χ1) is 9.58. The molecular weight excluding hydrogens is 270 g/mol. The predicted octanol–water partition coefficient (Wildman–Crippen LogP) is 2.34. The minimum atomic E-state index is 0.817. The number of aryl methyl sites for hydroxylation is 3. The van der Waals surface area contributed by atoms with Crippen LogP contribution in [0.25, 0.3) is 4.96 Å². The number of hydrogen-bond donors (Lipinski definition) is 1. The highest BCUT2D eigenvalue weighted by Crippen LogP contribution is 2.17. The lowest BCUT2D eigenvalue weighted by atomic mass is 10.2. The van der Waals surface area contributed by atoms with Gasteiger partial charge in [0.25, 0.3) is 0 Å². The fourth-order valence-corrected chi connectivity index (χ4v) is 3.31. The maximum atomic E-state index is 4.56. The van der Waals surface area contributed by atoms with Crippen LogP contribution in [0.15, 0.2) is 11.6 Å². The van der Waals surface area contributed by atoms with Gasteiger partial charge in [-0.3, -0.25) is 9.08 Å². The Kier molecular flexibility index (Phi) is 3.35. The van der Waals surface area contributed by atoms with Gasteiger partial charge in [-0.25, -0.2) is 4.98 Å².